The first-order valence-corrected chi connectivity index (χ1v) is 5.96. The molecule has 0 fully saturated rings. The molecule has 0 aliphatic carbocycles. The van der Waals surface area contributed by atoms with Gasteiger partial charge in [0, 0.05) is 17.3 Å². The number of benzene rings is 1. The van der Waals surface area contributed by atoms with Gasteiger partial charge in [-0.1, -0.05) is 29.3 Å². The monoisotopic (exact) mass is 298 g/mol. The first kappa shape index (κ1) is 13.7. The van der Waals surface area contributed by atoms with Crippen LogP contribution >= 0.6 is 23.2 Å². The van der Waals surface area contributed by atoms with Gasteiger partial charge in [0.05, 0.1) is 28.2 Å². The number of aromatic nitrogens is 1. The summed E-state index contributed by atoms with van der Waals surface area (Å²) in [5, 5.41) is 8.98. The molecule has 0 N–H and O–H groups in total. The van der Waals surface area contributed by atoms with Crippen molar-refractivity contribution in [3.8, 4) is 17.3 Å². The van der Waals surface area contributed by atoms with Crippen LogP contribution < -0.4 is 0 Å². The first-order chi connectivity index (χ1) is 9.06. The maximum Gasteiger partial charge on any atom is 0.168 e. The van der Waals surface area contributed by atoms with Gasteiger partial charge >= 0.3 is 0 Å². The minimum absolute atomic E-state index is 0.0376. The fourth-order valence-electron chi connectivity index (χ4n) is 1.62. The van der Waals surface area contributed by atoms with E-state index in [0.29, 0.717) is 5.56 Å². The molecule has 1 aromatic carbocycles. The Hall–Kier alpha value is -1.70. The molecule has 19 heavy (non-hydrogen) atoms. The second kappa shape index (κ2) is 5.52. The summed E-state index contributed by atoms with van der Waals surface area (Å²) in [5.74, 6) is -2.03. The average molecular weight is 299 g/mol. The fourth-order valence-corrected chi connectivity index (χ4v) is 2.20. The van der Waals surface area contributed by atoms with Gasteiger partial charge in [-0.15, -0.1) is 0 Å². The maximum atomic E-state index is 13.7. The SMILES string of the molecule is N#CCc1c(Cl)cnc(-c2cccc(F)c2F)c1Cl. The van der Waals surface area contributed by atoms with Crippen molar-refractivity contribution in [3.05, 3.63) is 51.6 Å². The molecule has 1 aromatic heterocycles. The molecule has 2 rings (SSSR count). The van der Waals surface area contributed by atoms with Gasteiger partial charge in [0.2, 0.25) is 0 Å². The van der Waals surface area contributed by atoms with Gasteiger partial charge in [0.25, 0.3) is 0 Å². The summed E-state index contributed by atoms with van der Waals surface area (Å²) >= 11 is 11.9. The van der Waals surface area contributed by atoms with E-state index in [1.54, 1.807) is 0 Å². The molecule has 0 saturated heterocycles. The molecule has 1 heterocycles. The summed E-state index contributed by atoms with van der Waals surface area (Å²) in [5.41, 5.74) is 0.341. The molecule has 0 saturated carbocycles. The highest BCUT2D eigenvalue weighted by Gasteiger charge is 2.17. The highest BCUT2D eigenvalue weighted by Crippen LogP contribution is 2.34. The molecule has 0 bridgehead atoms. The maximum absolute atomic E-state index is 13.7. The second-order valence-electron chi connectivity index (χ2n) is 3.68. The molecule has 0 aliphatic rings. The molecule has 6 heteroatoms. The van der Waals surface area contributed by atoms with Crippen molar-refractivity contribution in [1.82, 2.24) is 4.98 Å². The van der Waals surface area contributed by atoms with Crippen LogP contribution in [0, 0.1) is 23.0 Å². The largest absolute Gasteiger partial charge is 0.253 e. The number of halogens is 4. The number of hydrogen-bond donors (Lipinski definition) is 0. The number of nitrogens with zero attached hydrogens (tertiary/aromatic N) is 2. The van der Waals surface area contributed by atoms with E-state index in [4.69, 9.17) is 28.5 Å². The zero-order valence-corrected chi connectivity index (χ0v) is 10.9. The van der Waals surface area contributed by atoms with Crippen LogP contribution in [0.4, 0.5) is 8.78 Å². The van der Waals surface area contributed by atoms with Crippen molar-refractivity contribution in [3.63, 3.8) is 0 Å². The highest BCUT2D eigenvalue weighted by molar-refractivity contribution is 6.37. The van der Waals surface area contributed by atoms with Gasteiger partial charge in [-0.25, -0.2) is 8.78 Å². The molecule has 96 valence electrons. The molecule has 0 radical (unpaired) electrons. The number of rotatable bonds is 2. The van der Waals surface area contributed by atoms with E-state index in [1.807, 2.05) is 6.07 Å². The van der Waals surface area contributed by atoms with Crippen LogP contribution in [0.5, 0.6) is 0 Å². The lowest BCUT2D eigenvalue weighted by molar-refractivity contribution is 0.511. The Kier molecular flexibility index (Phi) is 3.98. The smallest absolute Gasteiger partial charge is 0.168 e. The Morgan fingerprint density at radius 1 is 1.26 bits per heavy atom. The number of pyridine rings is 1. The Labute approximate surface area is 118 Å². The first-order valence-electron chi connectivity index (χ1n) is 5.20. The lowest BCUT2D eigenvalue weighted by Crippen LogP contribution is -1.96. The quantitative estimate of drug-likeness (QED) is 0.824. The van der Waals surface area contributed by atoms with Gasteiger partial charge in [-0.05, 0) is 12.1 Å². The molecular formula is C13H6Cl2F2N2. The lowest BCUT2D eigenvalue weighted by atomic mass is 10.1. The standard InChI is InChI=1S/C13H6Cl2F2N2/c14-9-6-19-13(11(15)7(9)4-5-18)8-2-1-3-10(16)12(8)17/h1-3,6H,4H2. The van der Waals surface area contributed by atoms with E-state index in [9.17, 15) is 8.78 Å². The summed E-state index contributed by atoms with van der Waals surface area (Å²) < 4.78 is 26.9. The van der Waals surface area contributed by atoms with Crippen molar-refractivity contribution < 1.29 is 8.78 Å². The van der Waals surface area contributed by atoms with Crippen molar-refractivity contribution in [2.75, 3.05) is 0 Å². The van der Waals surface area contributed by atoms with Crippen molar-refractivity contribution in [1.29, 1.82) is 5.26 Å². The molecule has 2 nitrogen and oxygen atoms in total. The molecule has 0 amide bonds. The highest BCUT2D eigenvalue weighted by atomic mass is 35.5. The van der Waals surface area contributed by atoms with E-state index in [1.165, 1.54) is 18.3 Å². The van der Waals surface area contributed by atoms with Gasteiger partial charge in [0.15, 0.2) is 11.6 Å². The Bertz CT molecular complexity index is 681. The minimum Gasteiger partial charge on any atom is -0.253 e. The third kappa shape index (κ3) is 2.53. The Balaban J connectivity index is 2.67. The predicted molar refractivity (Wildman–Crippen MR) is 68.9 cm³/mol. The average Bonchev–Trinajstić information content (AvgIpc) is 2.39. The minimum atomic E-state index is -1.04. The molecule has 0 atom stereocenters. The molecule has 0 unspecified atom stereocenters. The molecule has 0 spiro atoms. The Morgan fingerprint density at radius 2 is 2.00 bits per heavy atom. The van der Waals surface area contributed by atoms with E-state index in [2.05, 4.69) is 4.98 Å². The van der Waals surface area contributed by atoms with E-state index >= 15 is 0 Å². The third-order valence-corrected chi connectivity index (χ3v) is 3.26. The third-order valence-electron chi connectivity index (χ3n) is 2.53. The van der Waals surface area contributed by atoms with Gasteiger partial charge in [-0.2, -0.15) is 5.26 Å². The van der Waals surface area contributed by atoms with Crippen LogP contribution in [0.15, 0.2) is 24.4 Å². The predicted octanol–water partition coefficient (Wildman–Crippen LogP) is 4.40. The number of nitriles is 1. The summed E-state index contributed by atoms with van der Waals surface area (Å²) in [6.45, 7) is 0. The fraction of sp³-hybridized carbons (Fsp3) is 0.0769. The van der Waals surface area contributed by atoms with Crippen LogP contribution in [-0.4, -0.2) is 4.98 Å². The van der Waals surface area contributed by atoms with Crippen LogP contribution in [0.1, 0.15) is 5.56 Å². The van der Waals surface area contributed by atoms with E-state index < -0.39 is 11.6 Å². The zero-order chi connectivity index (χ0) is 14.0. The summed E-state index contributed by atoms with van der Waals surface area (Å²) in [6.07, 6.45) is 1.23. The molecule has 0 aliphatic heterocycles. The molecule has 2 aromatic rings. The van der Waals surface area contributed by atoms with Crippen molar-refractivity contribution in [2.24, 2.45) is 0 Å². The topological polar surface area (TPSA) is 36.7 Å². The van der Waals surface area contributed by atoms with E-state index in [0.717, 1.165) is 6.07 Å². The lowest BCUT2D eigenvalue weighted by Gasteiger charge is -2.09. The summed E-state index contributed by atoms with van der Waals surface area (Å²) in [7, 11) is 0. The van der Waals surface area contributed by atoms with Crippen LogP contribution in [0.2, 0.25) is 10.0 Å². The second-order valence-corrected chi connectivity index (χ2v) is 4.47. The van der Waals surface area contributed by atoms with Crippen molar-refractivity contribution in [2.45, 2.75) is 6.42 Å². The van der Waals surface area contributed by atoms with Crippen molar-refractivity contribution >= 4 is 23.2 Å². The van der Waals surface area contributed by atoms with Crippen LogP contribution in [-0.2, 0) is 6.42 Å². The summed E-state index contributed by atoms with van der Waals surface area (Å²) in [6, 6.07) is 5.61. The number of hydrogen-bond acceptors (Lipinski definition) is 2. The van der Waals surface area contributed by atoms with Gasteiger partial charge in [0.1, 0.15) is 0 Å². The zero-order valence-electron chi connectivity index (χ0n) is 9.42. The van der Waals surface area contributed by atoms with Gasteiger partial charge < -0.3 is 0 Å². The molecular weight excluding hydrogens is 293 g/mol. The van der Waals surface area contributed by atoms with Crippen LogP contribution in [0.25, 0.3) is 11.3 Å². The van der Waals surface area contributed by atoms with E-state index in [-0.39, 0.29) is 27.7 Å². The van der Waals surface area contributed by atoms with Gasteiger partial charge in [-0.3, -0.25) is 4.98 Å². The Morgan fingerprint density at radius 3 is 2.68 bits per heavy atom. The normalized spacial score (nSPS) is 10.3. The summed E-state index contributed by atoms with van der Waals surface area (Å²) in [4.78, 5) is 3.91. The van der Waals surface area contributed by atoms with Crippen LogP contribution in [0.3, 0.4) is 0 Å².